The van der Waals surface area contributed by atoms with Crippen molar-refractivity contribution in [2.24, 2.45) is 0 Å². The maximum absolute atomic E-state index is 5.44. The van der Waals surface area contributed by atoms with E-state index in [-0.39, 0.29) is 0 Å². The molecule has 3 heterocycles. The second-order valence-electron chi connectivity index (χ2n) is 5.27. The predicted molar refractivity (Wildman–Crippen MR) is 92.9 cm³/mol. The smallest absolute Gasteiger partial charge is 0.145 e. The Bertz CT molecular complexity index is 1010. The van der Waals surface area contributed by atoms with Gasteiger partial charge in [-0.25, -0.2) is 9.97 Å². The van der Waals surface area contributed by atoms with E-state index in [0.29, 0.717) is 0 Å². The number of hydrogen-bond acceptors (Lipinski definition) is 4. The molecule has 2 N–H and O–H groups in total. The van der Waals surface area contributed by atoms with Crippen LogP contribution in [0.1, 0.15) is 0 Å². The van der Waals surface area contributed by atoms with Gasteiger partial charge in [0.15, 0.2) is 0 Å². The summed E-state index contributed by atoms with van der Waals surface area (Å²) in [6.45, 7) is 0. The van der Waals surface area contributed by atoms with Crippen molar-refractivity contribution in [1.29, 1.82) is 0 Å². The van der Waals surface area contributed by atoms with Crippen LogP contribution in [0.4, 0.5) is 5.82 Å². The van der Waals surface area contributed by atoms with E-state index in [0.717, 1.165) is 44.8 Å². The fraction of sp³-hybridized carbons (Fsp3) is 0.111. The molecule has 4 rings (SSSR count). The monoisotopic (exact) mass is 304 g/mol. The summed E-state index contributed by atoms with van der Waals surface area (Å²) < 4.78 is 5.44. The largest absolute Gasteiger partial charge is 0.494 e. The second-order valence-corrected chi connectivity index (χ2v) is 5.27. The first-order valence-electron chi connectivity index (χ1n) is 7.40. The number of para-hydroxylation sites is 1. The molecule has 0 saturated heterocycles. The molecule has 0 amide bonds. The molecule has 0 bridgehead atoms. The number of aromatic amines is 1. The van der Waals surface area contributed by atoms with Gasteiger partial charge >= 0.3 is 0 Å². The molecule has 0 radical (unpaired) electrons. The topological polar surface area (TPSA) is 62.8 Å². The highest BCUT2D eigenvalue weighted by molar-refractivity contribution is 5.95. The number of benzene rings is 1. The van der Waals surface area contributed by atoms with E-state index in [9.17, 15) is 0 Å². The quantitative estimate of drug-likeness (QED) is 0.604. The lowest BCUT2D eigenvalue weighted by atomic mass is 10.1. The average Bonchev–Trinajstić information content (AvgIpc) is 3.08. The van der Waals surface area contributed by atoms with Crippen molar-refractivity contribution in [2.75, 3.05) is 19.5 Å². The van der Waals surface area contributed by atoms with Gasteiger partial charge in [0.2, 0.25) is 0 Å². The fourth-order valence-corrected chi connectivity index (χ4v) is 2.81. The van der Waals surface area contributed by atoms with Gasteiger partial charge in [0.05, 0.1) is 12.8 Å². The van der Waals surface area contributed by atoms with Crippen molar-refractivity contribution in [3.63, 3.8) is 0 Å². The molecule has 0 unspecified atom stereocenters. The van der Waals surface area contributed by atoms with Crippen molar-refractivity contribution in [1.82, 2.24) is 15.0 Å². The molecule has 4 aromatic rings. The summed E-state index contributed by atoms with van der Waals surface area (Å²) in [7, 11) is 3.52. The summed E-state index contributed by atoms with van der Waals surface area (Å²) in [5.41, 5.74) is 3.63. The molecule has 0 aliphatic carbocycles. The maximum Gasteiger partial charge on any atom is 0.145 e. The lowest BCUT2D eigenvalue weighted by molar-refractivity contribution is 0.419. The number of nitrogens with zero attached hydrogens (tertiary/aromatic N) is 2. The van der Waals surface area contributed by atoms with Crippen LogP contribution in [-0.4, -0.2) is 29.1 Å². The standard InChI is InChI=1S/C18H16N4O/c1-19-16-10-13(12-8-9-20-18(12)22-16)14-7-6-11-4-3-5-15(23-2)17(11)21-14/h3-10H,1-2H3,(H2,19,20,22). The number of ether oxygens (including phenoxy) is 1. The summed E-state index contributed by atoms with van der Waals surface area (Å²) in [5, 5.41) is 5.20. The van der Waals surface area contributed by atoms with E-state index in [1.54, 1.807) is 7.11 Å². The van der Waals surface area contributed by atoms with Crippen molar-refractivity contribution in [3.8, 4) is 17.0 Å². The summed E-state index contributed by atoms with van der Waals surface area (Å²) in [4.78, 5) is 12.5. The maximum atomic E-state index is 5.44. The van der Waals surface area contributed by atoms with Crippen LogP contribution in [-0.2, 0) is 0 Å². The summed E-state index contributed by atoms with van der Waals surface area (Å²) >= 11 is 0. The van der Waals surface area contributed by atoms with Gasteiger partial charge in [-0.05, 0) is 24.3 Å². The number of anilines is 1. The van der Waals surface area contributed by atoms with E-state index in [4.69, 9.17) is 9.72 Å². The summed E-state index contributed by atoms with van der Waals surface area (Å²) in [6, 6.07) is 14.1. The Hall–Kier alpha value is -3.08. The minimum absolute atomic E-state index is 0.776. The van der Waals surface area contributed by atoms with Crippen LogP contribution in [0.2, 0.25) is 0 Å². The number of H-pyrrole nitrogens is 1. The molecule has 114 valence electrons. The third-order valence-electron chi connectivity index (χ3n) is 3.96. The Morgan fingerprint density at radius 1 is 1.09 bits per heavy atom. The SMILES string of the molecule is CNc1cc(-c2ccc3cccc(OC)c3n2)c2cc[nH]c2n1. The molecule has 0 aliphatic heterocycles. The molecular formula is C18H16N4O. The first kappa shape index (κ1) is 13.6. The number of rotatable bonds is 3. The molecular weight excluding hydrogens is 288 g/mol. The van der Waals surface area contributed by atoms with E-state index in [1.165, 1.54) is 0 Å². The lowest BCUT2D eigenvalue weighted by Gasteiger charge is -2.09. The number of fused-ring (bicyclic) bond motifs is 2. The Balaban J connectivity index is 2.00. The number of pyridine rings is 2. The van der Waals surface area contributed by atoms with Gasteiger partial charge in [0.1, 0.15) is 22.7 Å². The minimum Gasteiger partial charge on any atom is -0.494 e. The second kappa shape index (κ2) is 5.28. The van der Waals surface area contributed by atoms with Crippen LogP contribution in [0, 0.1) is 0 Å². The number of aromatic nitrogens is 3. The number of nitrogens with one attached hydrogen (secondary N) is 2. The van der Waals surface area contributed by atoms with Crippen LogP contribution in [0.15, 0.2) is 48.7 Å². The highest BCUT2D eigenvalue weighted by Gasteiger charge is 2.11. The zero-order valence-corrected chi connectivity index (χ0v) is 12.9. The average molecular weight is 304 g/mol. The molecule has 0 aliphatic rings. The lowest BCUT2D eigenvalue weighted by Crippen LogP contribution is -1.95. The van der Waals surface area contributed by atoms with Gasteiger partial charge in [-0.1, -0.05) is 18.2 Å². The van der Waals surface area contributed by atoms with Crippen LogP contribution in [0.5, 0.6) is 5.75 Å². The first-order valence-corrected chi connectivity index (χ1v) is 7.40. The summed E-state index contributed by atoms with van der Waals surface area (Å²) in [6.07, 6.45) is 1.89. The van der Waals surface area contributed by atoms with Crippen LogP contribution in [0.25, 0.3) is 33.2 Å². The zero-order chi connectivity index (χ0) is 15.8. The van der Waals surface area contributed by atoms with Crippen LogP contribution in [0.3, 0.4) is 0 Å². The molecule has 1 aromatic carbocycles. The van der Waals surface area contributed by atoms with Crippen LogP contribution < -0.4 is 10.1 Å². The van der Waals surface area contributed by atoms with Crippen molar-refractivity contribution in [2.45, 2.75) is 0 Å². The van der Waals surface area contributed by atoms with Gasteiger partial charge in [-0.15, -0.1) is 0 Å². The van der Waals surface area contributed by atoms with E-state index in [1.807, 2.05) is 49.6 Å². The van der Waals surface area contributed by atoms with E-state index in [2.05, 4.69) is 21.4 Å². The Kier molecular flexibility index (Phi) is 3.12. The Morgan fingerprint density at radius 2 is 2.00 bits per heavy atom. The molecule has 0 saturated carbocycles. The van der Waals surface area contributed by atoms with Crippen LogP contribution >= 0.6 is 0 Å². The van der Waals surface area contributed by atoms with E-state index >= 15 is 0 Å². The number of hydrogen-bond donors (Lipinski definition) is 2. The van der Waals surface area contributed by atoms with Gasteiger partial charge < -0.3 is 15.0 Å². The molecule has 5 nitrogen and oxygen atoms in total. The first-order chi connectivity index (χ1) is 11.3. The third-order valence-corrected chi connectivity index (χ3v) is 3.96. The fourth-order valence-electron chi connectivity index (χ4n) is 2.81. The molecule has 0 fully saturated rings. The normalized spacial score (nSPS) is 11.0. The zero-order valence-electron chi connectivity index (χ0n) is 12.9. The number of methoxy groups -OCH3 is 1. The molecule has 0 spiro atoms. The third kappa shape index (κ3) is 2.17. The Labute approximate surface area is 133 Å². The van der Waals surface area contributed by atoms with Crippen molar-refractivity contribution >= 4 is 27.8 Å². The van der Waals surface area contributed by atoms with Gasteiger partial charge in [0, 0.05) is 29.6 Å². The van der Waals surface area contributed by atoms with E-state index < -0.39 is 0 Å². The highest BCUT2D eigenvalue weighted by Crippen LogP contribution is 2.31. The van der Waals surface area contributed by atoms with Crippen molar-refractivity contribution < 1.29 is 4.74 Å². The van der Waals surface area contributed by atoms with Gasteiger partial charge in [0.25, 0.3) is 0 Å². The molecule has 5 heteroatoms. The Morgan fingerprint density at radius 3 is 2.83 bits per heavy atom. The van der Waals surface area contributed by atoms with Gasteiger partial charge in [-0.2, -0.15) is 0 Å². The highest BCUT2D eigenvalue weighted by atomic mass is 16.5. The minimum atomic E-state index is 0.776. The predicted octanol–water partition coefficient (Wildman–Crippen LogP) is 3.83. The molecule has 23 heavy (non-hydrogen) atoms. The van der Waals surface area contributed by atoms with Gasteiger partial charge in [-0.3, -0.25) is 0 Å². The summed E-state index contributed by atoms with van der Waals surface area (Å²) in [5.74, 6) is 1.58. The van der Waals surface area contributed by atoms with Crippen molar-refractivity contribution in [3.05, 3.63) is 48.7 Å². The molecule has 0 atom stereocenters. The molecule has 3 aromatic heterocycles.